The molecule has 0 unspecified atom stereocenters. The molecule has 0 saturated carbocycles. The van der Waals surface area contributed by atoms with E-state index >= 15 is 0 Å². The molecule has 0 aliphatic carbocycles. The minimum atomic E-state index is -1.12. The molecule has 2 N–H and O–H groups in total. The van der Waals surface area contributed by atoms with Crippen molar-refractivity contribution in [2.45, 2.75) is 18.6 Å². The van der Waals surface area contributed by atoms with Crippen LogP contribution in [0.2, 0.25) is 0 Å². The van der Waals surface area contributed by atoms with Crippen molar-refractivity contribution in [2.75, 3.05) is 13.2 Å². The van der Waals surface area contributed by atoms with Crippen LogP contribution >= 0.6 is 0 Å². The number of hydrogen-bond donors (Lipinski definition) is 2. The van der Waals surface area contributed by atoms with Crippen LogP contribution in [0, 0.1) is 5.82 Å². The highest BCUT2D eigenvalue weighted by molar-refractivity contribution is 5.65. The van der Waals surface area contributed by atoms with Gasteiger partial charge in [0.2, 0.25) is 0 Å². The van der Waals surface area contributed by atoms with E-state index in [0.717, 1.165) is 0 Å². The molecule has 20 heavy (non-hydrogen) atoms. The molecule has 108 valence electrons. The van der Waals surface area contributed by atoms with Gasteiger partial charge in [-0.2, -0.15) is 0 Å². The van der Waals surface area contributed by atoms with Crippen LogP contribution in [0.15, 0.2) is 30.9 Å². The maximum atomic E-state index is 13.5. The van der Waals surface area contributed by atoms with Crippen LogP contribution in [-0.2, 0) is 11.2 Å². The third-order valence-corrected chi connectivity index (χ3v) is 2.87. The maximum Gasteiger partial charge on any atom is 0.404 e. The smallest absolute Gasteiger partial charge is 0.404 e. The molecule has 6 heteroatoms. The Morgan fingerprint density at radius 1 is 1.65 bits per heavy atom. The highest BCUT2D eigenvalue weighted by Gasteiger charge is 2.34. The Morgan fingerprint density at radius 3 is 3.00 bits per heavy atom. The summed E-state index contributed by atoms with van der Waals surface area (Å²) in [5.74, 6) is -0.0296. The quantitative estimate of drug-likeness (QED) is 0.592. The molecular weight excluding hydrogens is 265 g/mol. The van der Waals surface area contributed by atoms with E-state index in [9.17, 15) is 9.18 Å². The summed E-state index contributed by atoms with van der Waals surface area (Å²) in [5, 5.41) is 11.2. The summed E-state index contributed by atoms with van der Waals surface area (Å²) in [4.78, 5) is 10.7. The number of amides is 1. The van der Waals surface area contributed by atoms with Gasteiger partial charge in [-0.25, -0.2) is 9.18 Å². The molecule has 0 radical (unpaired) electrons. The number of carbonyl (C=O) groups is 1. The van der Waals surface area contributed by atoms with E-state index in [1.165, 1.54) is 12.1 Å². The van der Waals surface area contributed by atoms with Gasteiger partial charge >= 0.3 is 6.09 Å². The number of benzene rings is 1. The van der Waals surface area contributed by atoms with Crippen LogP contribution in [-0.4, -0.2) is 36.6 Å². The fraction of sp³-hybridized carbons (Fsp3) is 0.357. The summed E-state index contributed by atoms with van der Waals surface area (Å²) >= 11 is 0. The molecular formula is C14H16FNO4. The van der Waals surface area contributed by atoms with Crippen LogP contribution < -0.4 is 10.1 Å². The fourth-order valence-corrected chi connectivity index (χ4v) is 1.95. The van der Waals surface area contributed by atoms with Crippen LogP contribution in [0.5, 0.6) is 5.75 Å². The number of ether oxygens (including phenoxy) is 2. The van der Waals surface area contributed by atoms with Gasteiger partial charge in [-0.15, -0.1) is 0 Å². The minimum absolute atomic E-state index is 0.146. The number of nitrogens with one attached hydrogen (secondary N) is 1. The summed E-state index contributed by atoms with van der Waals surface area (Å²) in [7, 11) is 0. The van der Waals surface area contributed by atoms with Gasteiger partial charge in [0.1, 0.15) is 24.3 Å². The third-order valence-electron chi connectivity index (χ3n) is 2.87. The topological polar surface area (TPSA) is 71.1 Å². The molecule has 1 aromatic rings. The van der Waals surface area contributed by atoms with E-state index in [2.05, 4.69) is 11.9 Å². The second-order valence-electron chi connectivity index (χ2n) is 4.53. The Balaban J connectivity index is 2.07. The first-order valence-corrected chi connectivity index (χ1v) is 6.22. The highest BCUT2D eigenvalue weighted by atomic mass is 19.1. The highest BCUT2D eigenvalue weighted by Crippen LogP contribution is 2.22. The van der Waals surface area contributed by atoms with Gasteiger partial charge in [0.25, 0.3) is 0 Å². The molecule has 2 rings (SSSR count). The average Bonchev–Trinajstić information content (AvgIpc) is 3.18. The van der Waals surface area contributed by atoms with Gasteiger partial charge < -0.3 is 19.9 Å². The monoisotopic (exact) mass is 281 g/mol. The summed E-state index contributed by atoms with van der Waals surface area (Å²) in [5.41, 5.74) is 0.651. The fourth-order valence-electron chi connectivity index (χ4n) is 1.95. The first-order valence-electron chi connectivity index (χ1n) is 6.22. The maximum absolute atomic E-state index is 13.5. The van der Waals surface area contributed by atoms with Crippen LogP contribution in [0.1, 0.15) is 5.56 Å². The van der Waals surface area contributed by atoms with Gasteiger partial charge in [-0.1, -0.05) is 12.7 Å². The lowest BCUT2D eigenvalue weighted by molar-refractivity contribution is 0.186. The van der Waals surface area contributed by atoms with Crippen LogP contribution in [0.4, 0.5) is 9.18 Å². The Hall–Kier alpha value is -2.08. The number of rotatable bonds is 7. The Labute approximate surface area is 116 Å². The lowest BCUT2D eigenvalue weighted by Crippen LogP contribution is -2.39. The molecule has 1 aliphatic rings. The van der Waals surface area contributed by atoms with Crippen molar-refractivity contribution in [2.24, 2.45) is 0 Å². The minimum Gasteiger partial charge on any atom is -0.489 e. The van der Waals surface area contributed by atoms with Gasteiger partial charge in [0, 0.05) is 6.07 Å². The molecule has 1 aliphatic heterocycles. The van der Waals surface area contributed by atoms with E-state index in [0.29, 0.717) is 24.3 Å². The van der Waals surface area contributed by atoms with Gasteiger partial charge in [0.15, 0.2) is 0 Å². The normalized spacial score (nSPS) is 18.1. The van der Waals surface area contributed by atoms with E-state index in [-0.39, 0.29) is 18.8 Å². The lowest BCUT2D eigenvalue weighted by atomic mass is 10.0. The summed E-state index contributed by atoms with van der Waals surface area (Å²) in [6, 6.07) is 3.94. The molecule has 1 heterocycles. The predicted molar refractivity (Wildman–Crippen MR) is 70.5 cm³/mol. The average molecular weight is 281 g/mol. The molecule has 5 nitrogen and oxygen atoms in total. The lowest BCUT2D eigenvalue weighted by Gasteiger charge is -2.15. The first kappa shape index (κ1) is 14.3. The van der Waals surface area contributed by atoms with E-state index < -0.39 is 11.9 Å². The second kappa shape index (κ2) is 6.38. The molecule has 1 fully saturated rings. The zero-order valence-electron chi connectivity index (χ0n) is 10.8. The van der Waals surface area contributed by atoms with E-state index in [4.69, 9.17) is 14.6 Å². The zero-order valence-corrected chi connectivity index (χ0v) is 10.8. The van der Waals surface area contributed by atoms with Crippen molar-refractivity contribution in [3.05, 3.63) is 42.2 Å². The molecule has 1 aromatic carbocycles. The number of epoxide rings is 1. The van der Waals surface area contributed by atoms with Crippen molar-refractivity contribution < 1.29 is 23.8 Å². The molecule has 1 amide bonds. The molecule has 1 saturated heterocycles. The molecule has 0 spiro atoms. The Kier molecular flexibility index (Phi) is 4.57. The zero-order chi connectivity index (χ0) is 14.5. The standard InChI is InChI=1S/C14H16FNO4/c1-2-3-19-11-5-9(4-10(15)7-11)6-12(13-8-20-13)16-14(17)18/h2,4-5,7,12-13,16H,1,3,6,8H2,(H,17,18)/t12-,13+/m0/s1. The summed E-state index contributed by atoms with van der Waals surface area (Å²) < 4.78 is 23.9. The second-order valence-corrected chi connectivity index (χ2v) is 4.53. The van der Waals surface area contributed by atoms with Crippen LogP contribution in [0.3, 0.4) is 0 Å². The number of hydrogen-bond acceptors (Lipinski definition) is 3. The van der Waals surface area contributed by atoms with Gasteiger partial charge in [-0.05, 0) is 24.1 Å². The van der Waals surface area contributed by atoms with Crippen molar-refractivity contribution in [3.8, 4) is 5.75 Å². The number of halogens is 1. The molecule has 0 aromatic heterocycles. The van der Waals surface area contributed by atoms with Crippen molar-refractivity contribution in [1.29, 1.82) is 0 Å². The van der Waals surface area contributed by atoms with E-state index in [1.807, 2.05) is 0 Å². The Morgan fingerprint density at radius 2 is 2.40 bits per heavy atom. The van der Waals surface area contributed by atoms with Crippen molar-refractivity contribution in [1.82, 2.24) is 5.32 Å². The summed E-state index contributed by atoms with van der Waals surface area (Å²) in [6.07, 6.45) is 0.647. The predicted octanol–water partition coefficient (Wildman–Crippen LogP) is 1.97. The summed E-state index contributed by atoms with van der Waals surface area (Å²) in [6.45, 7) is 4.32. The molecule has 0 bridgehead atoms. The first-order chi connectivity index (χ1) is 9.58. The van der Waals surface area contributed by atoms with Crippen molar-refractivity contribution >= 4 is 6.09 Å². The largest absolute Gasteiger partial charge is 0.489 e. The molecule has 2 atom stereocenters. The number of carboxylic acid groups (broad SMARTS) is 1. The van der Waals surface area contributed by atoms with Crippen molar-refractivity contribution in [3.63, 3.8) is 0 Å². The van der Waals surface area contributed by atoms with Gasteiger partial charge in [0.05, 0.1) is 12.6 Å². The van der Waals surface area contributed by atoms with Crippen LogP contribution in [0.25, 0.3) is 0 Å². The third kappa shape index (κ3) is 4.24. The Bertz CT molecular complexity index is 502. The van der Waals surface area contributed by atoms with Gasteiger partial charge in [-0.3, -0.25) is 0 Å². The van der Waals surface area contributed by atoms with E-state index in [1.54, 1.807) is 12.1 Å². The SMILES string of the molecule is C=CCOc1cc(F)cc(C[C@H](NC(=O)O)[C@H]2CO2)c1.